The van der Waals surface area contributed by atoms with Crippen molar-refractivity contribution in [2.45, 2.75) is 120 Å². The van der Waals surface area contributed by atoms with Gasteiger partial charge in [0.1, 0.15) is 24.9 Å². The molecule has 1 aliphatic carbocycles. The van der Waals surface area contributed by atoms with Gasteiger partial charge >= 0.3 is 0 Å². The Morgan fingerprint density at radius 3 is 1.32 bits per heavy atom. The zero-order valence-electron chi connectivity index (χ0n) is 60.5. The summed E-state index contributed by atoms with van der Waals surface area (Å²) in [6, 6.07) is 58.1. The van der Waals surface area contributed by atoms with Crippen molar-refractivity contribution in [3.8, 4) is 18.2 Å². The minimum atomic E-state index is -0.234. The van der Waals surface area contributed by atoms with Crippen molar-refractivity contribution in [3.05, 3.63) is 300 Å². The van der Waals surface area contributed by atoms with E-state index in [-0.39, 0.29) is 34.1 Å². The molecule has 14 heteroatoms. The van der Waals surface area contributed by atoms with Crippen LogP contribution in [0.4, 0.5) is 39.8 Å². The highest BCUT2D eigenvalue weighted by atomic mass is 35.5. The summed E-state index contributed by atoms with van der Waals surface area (Å²) in [6.07, 6.45) is 26.5. The largest absolute Gasteiger partial charge is 0.372 e. The van der Waals surface area contributed by atoms with Crippen molar-refractivity contribution in [1.82, 2.24) is 0 Å². The predicted octanol–water partition coefficient (Wildman–Crippen LogP) is 24.0. The molecule has 0 heterocycles. The average Bonchev–Trinajstić information content (AvgIpc) is 0.843. The van der Waals surface area contributed by atoms with Crippen molar-refractivity contribution < 1.29 is 4.58 Å². The van der Waals surface area contributed by atoms with Crippen LogP contribution in [0.3, 0.4) is 0 Å². The van der Waals surface area contributed by atoms with Crippen LogP contribution in [0.2, 0.25) is 10.0 Å². The van der Waals surface area contributed by atoms with Crippen LogP contribution in [0.15, 0.2) is 227 Å². The molecule has 0 saturated carbocycles. The minimum absolute atomic E-state index is 0.0419. The first-order chi connectivity index (χ1) is 50.2. The van der Waals surface area contributed by atoms with E-state index in [0.29, 0.717) is 32.5 Å². The predicted molar refractivity (Wildman–Crippen MR) is 432 cm³/mol. The maximum Gasteiger partial charge on any atom is 0.272 e. The second kappa shape index (κ2) is 39.6. The lowest BCUT2D eigenvalue weighted by Gasteiger charge is -2.26. The summed E-state index contributed by atoms with van der Waals surface area (Å²) >= 11 is 12.4. The Bertz CT molecular complexity index is 4660. The first kappa shape index (κ1) is 77.4. The number of aliphatic imine (C=N–C) groups is 2. The van der Waals surface area contributed by atoms with Crippen LogP contribution in [-0.4, -0.2) is 61.1 Å². The molecule has 0 spiro atoms. The number of halogens is 2. The van der Waals surface area contributed by atoms with Gasteiger partial charge in [-0.05, 0) is 199 Å². The van der Waals surface area contributed by atoms with Gasteiger partial charge in [0, 0.05) is 106 Å². The number of hydrogen-bond donors (Lipinski definition) is 0. The molecule has 0 unspecified atom stereocenters. The smallest absolute Gasteiger partial charge is 0.272 e. The van der Waals surface area contributed by atoms with Gasteiger partial charge in [-0.25, -0.2) is 29.8 Å². The van der Waals surface area contributed by atoms with Gasteiger partial charge in [0.05, 0.1) is 31.0 Å². The van der Waals surface area contributed by atoms with Crippen molar-refractivity contribution >= 4 is 103 Å². The number of aryl methyl sites for hydroxylation is 2. The monoisotopic (exact) mass is 1400 g/mol. The van der Waals surface area contributed by atoms with Gasteiger partial charge < -0.3 is 19.5 Å². The number of amidine groups is 1. The van der Waals surface area contributed by atoms with E-state index < -0.39 is 0 Å². The Labute approximate surface area is 621 Å². The molecular formula is C89H89Cl2N12+. The van der Waals surface area contributed by atoms with E-state index in [4.69, 9.17) is 52.9 Å². The Hall–Kier alpha value is -11.4. The van der Waals surface area contributed by atoms with Crippen LogP contribution in [0.1, 0.15) is 145 Å². The van der Waals surface area contributed by atoms with Crippen molar-refractivity contribution in [3.63, 3.8) is 0 Å². The standard InChI is InChI=1S/C89H89Cl2N12/c1-12-18-55-100(56-19-13-2)74-41-29-66(30-42-74)80(68-33-45-76(46-34-68)102(53-16-5)78-49-51-82(64(7)59-78)98-86(63-94)87(84(61-92)95-9)70-25-37-72(90)38-26-70)23-22-24-81(67-31-43-75(44-32-67)101(57-20-14-3)58-21-15-4)69-35-47-77(48-36-69)103(54-17-6)79-50-52-83(65(8)60-79)99-89(97-11)88(85(62-93)96-10)71-27-39-73(91)40-28-71/h22-52,59-60H,12-21,53-58H2,1-8H3/q+1. The summed E-state index contributed by atoms with van der Waals surface area (Å²) in [5.74, 6) is -0.0563. The SMILES string of the molecule is [C-]#[N+]C(=Nc1ccc(N(CCC)c2ccc(C(=CC=CC(=C3C=CC(=[N+](CCCC)CCCC)C=C3)c3ccc(N(CCC)c4ccc(N=C(C#N)C(=C(C#N)[N+]#[C-])c5ccc(Cl)cc5)c(C)c4)cc3)c3ccc(N(CCCC)CCCC)cc3)cc2)cc1C)C(=C(C#N)[N+]#[C-])c1ccc(Cl)cc1. The number of allylic oxidation sites excluding steroid dienone is 12. The Morgan fingerprint density at radius 2 is 0.893 bits per heavy atom. The van der Waals surface area contributed by atoms with Crippen LogP contribution in [0.5, 0.6) is 0 Å². The molecular weight excluding hydrogens is 1310 g/mol. The van der Waals surface area contributed by atoms with Gasteiger partial charge in [-0.3, -0.25) is 0 Å². The highest BCUT2D eigenvalue weighted by Crippen LogP contribution is 2.38. The van der Waals surface area contributed by atoms with E-state index in [0.717, 1.165) is 171 Å². The molecule has 0 aliphatic heterocycles. The topological polar surface area (TPSA) is 122 Å². The molecule has 7 aromatic rings. The maximum atomic E-state index is 10.5. The van der Waals surface area contributed by atoms with E-state index in [2.05, 4.69) is 209 Å². The molecule has 7 aromatic carbocycles. The fourth-order valence-electron chi connectivity index (χ4n) is 12.3. The van der Waals surface area contributed by atoms with E-state index in [9.17, 15) is 15.8 Å². The molecule has 0 atom stereocenters. The summed E-state index contributed by atoms with van der Waals surface area (Å²) in [6.45, 7) is 46.4. The number of rotatable bonds is 32. The summed E-state index contributed by atoms with van der Waals surface area (Å²) in [5.41, 5.74) is 16.4. The van der Waals surface area contributed by atoms with Gasteiger partial charge in [-0.2, -0.15) is 5.26 Å². The Balaban J connectivity index is 1.20. The quantitative estimate of drug-likeness (QED) is 0.0103. The number of nitriles is 3. The lowest BCUT2D eigenvalue weighted by Crippen LogP contribution is -2.25. The van der Waals surface area contributed by atoms with Gasteiger partial charge in [-0.15, -0.1) is 4.99 Å². The van der Waals surface area contributed by atoms with Gasteiger partial charge in [-0.1, -0.05) is 176 Å². The van der Waals surface area contributed by atoms with E-state index in [1.54, 1.807) is 48.5 Å². The molecule has 0 amide bonds. The lowest BCUT2D eigenvalue weighted by molar-refractivity contribution is -0.527. The number of nitrogens with zero attached hydrogens (tertiary/aromatic N) is 12. The van der Waals surface area contributed by atoms with Gasteiger partial charge in [0.2, 0.25) is 0 Å². The number of anilines is 5. The van der Waals surface area contributed by atoms with E-state index in [1.165, 1.54) is 11.4 Å². The number of unbranched alkanes of at least 4 members (excludes halogenated alkanes) is 4. The highest BCUT2D eigenvalue weighted by Gasteiger charge is 2.23. The molecule has 0 fully saturated rings. The minimum Gasteiger partial charge on any atom is -0.372 e. The summed E-state index contributed by atoms with van der Waals surface area (Å²) < 4.78 is 2.52. The molecule has 1 aliphatic rings. The zero-order chi connectivity index (χ0) is 73.6. The third kappa shape index (κ3) is 20.4. The maximum absolute atomic E-state index is 10.5. The van der Waals surface area contributed by atoms with Crippen LogP contribution >= 0.6 is 23.2 Å². The second-order valence-electron chi connectivity index (χ2n) is 25.2. The van der Waals surface area contributed by atoms with Gasteiger partial charge in [0.15, 0.2) is 11.4 Å². The fraction of sp³-hybridized carbons (Fsp3) is 0.270. The molecule has 0 saturated heterocycles. The molecule has 0 bridgehead atoms. The highest BCUT2D eigenvalue weighted by molar-refractivity contribution is 6.34. The molecule has 0 N–H and O–H groups in total. The third-order valence-electron chi connectivity index (χ3n) is 17.9. The molecule has 0 radical (unpaired) electrons. The Kier molecular flexibility index (Phi) is 29.7. The first-order valence-electron chi connectivity index (χ1n) is 35.7. The van der Waals surface area contributed by atoms with Gasteiger partial charge in [0.25, 0.3) is 17.2 Å². The second-order valence-corrected chi connectivity index (χ2v) is 26.1. The van der Waals surface area contributed by atoms with Crippen LogP contribution in [-0.2, 0) is 0 Å². The summed E-state index contributed by atoms with van der Waals surface area (Å²) in [4.78, 5) is 27.3. The average molecular weight is 1400 g/mol. The van der Waals surface area contributed by atoms with Crippen molar-refractivity contribution in [1.29, 1.82) is 15.8 Å². The van der Waals surface area contributed by atoms with E-state index >= 15 is 0 Å². The van der Waals surface area contributed by atoms with Crippen molar-refractivity contribution in [2.75, 3.05) is 54.0 Å². The molecule has 12 nitrogen and oxygen atoms in total. The summed E-state index contributed by atoms with van der Waals surface area (Å²) in [7, 11) is 0. The Morgan fingerprint density at radius 1 is 0.466 bits per heavy atom. The fourth-order valence-corrected chi connectivity index (χ4v) is 12.6. The first-order valence-corrected chi connectivity index (χ1v) is 36.4. The molecule has 103 heavy (non-hydrogen) atoms. The van der Waals surface area contributed by atoms with Crippen molar-refractivity contribution in [2.24, 2.45) is 9.98 Å². The van der Waals surface area contributed by atoms with Crippen LogP contribution in [0.25, 0.3) is 36.8 Å². The number of benzene rings is 7. The van der Waals surface area contributed by atoms with E-state index in [1.807, 2.05) is 50.3 Å². The lowest BCUT2D eigenvalue weighted by atomic mass is 9.94. The van der Waals surface area contributed by atoms with Crippen LogP contribution in [0, 0.1) is 67.6 Å². The normalized spacial score (nSPS) is 12.7. The third-order valence-corrected chi connectivity index (χ3v) is 18.4. The number of hydrogen-bond acceptors (Lipinski definition) is 8. The molecule has 0 aromatic heterocycles. The zero-order valence-corrected chi connectivity index (χ0v) is 62.0. The summed E-state index contributed by atoms with van der Waals surface area (Å²) in [5, 5.41) is 31.4. The van der Waals surface area contributed by atoms with Crippen LogP contribution < -0.4 is 14.7 Å². The molecule has 518 valence electrons. The molecule has 8 rings (SSSR count).